The molecule has 32 heavy (non-hydrogen) atoms. The molecule has 5 nitrogen and oxygen atoms in total. The summed E-state index contributed by atoms with van der Waals surface area (Å²) in [5.74, 6) is 0.460. The van der Waals surface area contributed by atoms with Gasteiger partial charge in [-0.05, 0) is 82.8 Å². The van der Waals surface area contributed by atoms with E-state index in [0.29, 0.717) is 32.8 Å². The lowest BCUT2D eigenvalue weighted by Gasteiger charge is -2.12. The van der Waals surface area contributed by atoms with Crippen LogP contribution in [0.3, 0.4) is 0 Å². The number of carbonyl (C=O) groups is 1. The summed E-state index contributed by atoms with van der Waals surface area (Å²) in [5, 5.41) is 13.2. The number of benzene rings is 3. The molecule has 162 valence electrons. The molecule has 0 aliphatic carbocycles. The molecule has 0 spiro atoms. The van der Waals surface area contributed by atoms with Gasteiger partial charge in [0.1, 0.15) is 18.2 Å². The monoisotopic (exact) mass is 578 g/mol. The lowest BCUT2D eigenvalue weighted by atomic mass is 10.1. The van der Waals surface area contributed by atoms with Crippen LogP contribution < -0.4 is 14.8 Å². The first-order valence-corrected chi connectivity index (χ1v) is 11.2. The highest BCUT2D eigenvalue weighted by Gasteiger charge is 2.12. The predicted octanol–water partition coefficient (Wildman–Crippen LogP) is 6.73. The zero-order valence-electron chi connectivity index (χ0n) is 16.9. The summed E-state index contributed by atoms with van der Waals surface area (Å²) in [6.07, 6.45) is 1.49. The first kappa shape index (κ1) is 23.9. The summed E-state index contributed by atoms with van der Waals surface area (Å²) in [7, 11) is 1.51. The topological polar surface area (TPSA) is 71.3 Å². The highest BCUT2D eigenvalue weighted by molar-refractivity contribution is 14.1. The van der Waals surface area contributed by atoms with Crippen LogP contribution in [0.4, 0.5) is 5.69 Å². The van der Waals surface area contributed by atoms with Gasteiger partial charge in [0, 0.05) is 24.9 Å². The van der Waals surface area contributed by atoms with Gasteiger partial charge in [-0.2, -0.15) is 5.26 Å². The van der Waals surface area contributed by atoms with Crippen LogP contribution in [0.2, 0.25) is 10.0 Å². The number of nitriles is 1. The van der Waals surface area contributed by atoms with Gasteiger partial charge in [-0.25, -0.2) is 0 Å². The van der Waals surface area contributed by atoms with E-state index in [9.17, 15) is 10.1 Å². The van der Waals surface area contributed by atoms with Crippen molar-refractivity contribution < 1.29 is 14.3 Å². The van der Waals surface area contributed by atoms with E-state index in [0.717, 1.165) is 9.13 Å². The van der Waals surface area contributed by atoms with Crippen LogP contribution in [0, 0.1) is 14.9 Å². The van der Waals surface area contributed by atoms with E-state index in [1.165, 1.54) is 13.2 Å². The molecule has 0 aromatic heterocycles. The Morgan fingerprint density at radius 2 is 1.84 bits per heavy atom. The van der Waals surface area contributed by atoms with Gasteiger partial charge in [0.2, 0.25) is 0 Å². The van der Waals surface area contributed by atoms with E-state index in [4.69, 9.17) is 32.7 Å². The van der Waals surface area contributed by atoms with Crippen LogP contribution in [-0.4, -0.2) is 13.0 Å². The van der Waals surface area contributed by atoms with Crippen molar-refractivity contribution in [3.8, 4) is 17.6 Å². The van der Waals surface area contributed by atoms with Crippen molar-refractivity contribution in [2.45, 2.75) is 6.61 Å². The Bertz CT molecular complexity index is 1200. The Morgan fingerprint density at radius 1 is 1.09 bits per heavy atom. The van der Waals surface area contributed by atoms with Crippen LogP contribution in [0.1, 0.15) is 11.1 Å². The third-order valence-electron chi connectivity index (χ3n) is 4.36. The molecule has 0 aliphatic rings. The van der Waals surface area contributed by atoms with Crippen molar-refractivity contribution in [3.05, 3.63) is 91.0 Å². The van der Waals surface area contributed by atoms with E-state index < -0.39 is 5.91 Å². The SMILES string of the molecule is COc1cc(/C=C(\C#N)C(=O)Nc2ccc(I)cc2)ccc1OCc1ccc(Cl)cc1Cl. The molecule has 3 aromatic rings. The number of rotatable bonds is 7. The summed E-state index contributed by atoms with van der Waals surface area (Å²) in [6.45, 7) is 0.226. The van der Waals surface area contributed by atoms with Crippen LogP contribution >= 0.6 is 45.8 Å². The van der Waals surface area contributed by atoms with Gasteiger partial charge in [-0.1, -0.05) is 35.3 Å². The fourth-order valence-electron chi connectivity index (χ4n) is 2.73. The number of nitrogens with one attached hydrogen (secondary N) is 1. The van der Waals surface area contributed by atoms with Gasteiger partial charge in [0.05, 0.1) is 7.11 Å². The molecule has 3 rings (SSSR count). The highest BCUT2D eigenvalue weighted by atomic mass is 127. The summed E-state index contributed by atoms with van der Waals surface area (Å²) >= 11 is 14.3. The van der Waals surface area contributed by atoms with Gasteiger partial charge in [-0.15, -0.1) is 0 Å². The van der Waals surface area contributed by atoms with Crippen molar-refractivity contribution in [1.29, 1.82) is 5.26 Å². The minimum Gasteiger partial charge on any atom is -0.493 e. The number of anilines is 1. The minimum absolute atomic E-state index is 0.0350. The maximum Gasteiger partial charge on any atom is 0.266 e. The lowest BCUT2D eigenvalue weighted by molar-refractivity contribution is -0.112. The van der Waals surface area contributed by atoms with Crippen molar-refractivity contribution >= 4 is 63.5 Å². The third kappa shape index (κ3) is 6.39. The second-order valence-corrected chi connectivity index (χ2v) is 8.65. The van der Waals surface area contributed by atoms with Gasteiger partial charge >= 0.3 is 0 Å². The van der Waals surface area contributed by atoms with Gasteiger partial charge in [0.25, 0.3) is 5.91 Å². The standard InChI is InChI=1S/C24H17Cl2IN2O3/c1-31-23-11-15(2-9-22(23)32-14-16-3-4-18(25)12-21(16)26)10-17(13-28)24(30)29-20-7-5-19(27)6-8-20/h2-12H,14H2,1H3,(H,29,30)/b17-10+. The number of methoxy groups -OCH3 is 1. The molecule has 0 bridgehead atoms. The third-order valence-corrected chi connectivity index (χ3v) is 5.67. The molecule has 3 aromatic carbocycles. The van der Waals surface area contributed by atoms with Crippen molar-refractivity contribution in [1.82, 2.24) is 0 Å². The molecule has 1 N–H and O–H groups in total. The number of ether oxygens (including phenoxy) is 2. The molecule has 0 heterocycles. The summed E-state index contributed by atoms with van der Waals surface area (Å²) < 4.78 is 12.3. The van der Waals surface area contributed by atoms with E-state index in [2.05, 4.69) is 27.9 Å². The van der Waals surface area contributed by atoms with Gasteiger partial charge in [0.15, 0.2) is 11.5 Å². The average Bonchev–Trinajstić information content (AvgIpc) is 2.78. The van der Waals surface area contributed by atoms with E-state index in [1.54, 1.807) is 48.5 Å². The summed E-state index contributed by atoms with van der Waals surface area (Å²) in [5.41, 5.74) is 1.97. The molecule has 0 unspecified atom stereocenters. The van der Waals surface area contributed by atoms with Gasteiger partial charge < -0.3 is 14.8 Å². The van der Waals surface area contributed by atoms with Crippen LogP contribution in [0.15, 0.2) is 66.2 Å². The molecule has 1 amide bonds. The Morgan fingerprint density at radius 3 is 2.50 bits per heavy atom. The maximum absolute atomic E-state index is 12.5. The first-order chi connectivity index (χ1) is 15.4. The smallest absolute Gasteiger partial charge is 0.266 e. The Balaban J connectivity index is 1.75. The number of carbonyl (C=O) groups excluding carboxylic acids is 1. The quantitative estimate of drug-likeness (QED) is 0.192. The number of nitrogens with zero attached hydrogens (tertiary/aromatic N) is 1. The number of halogens is 3. The number of amides is 1. The molecule has 0 saturated heterocycles. The summed E-state index contributed by atoms with van der Waals surface area (Å²) in [4.78, 5) is 12.5. The van der Waals surface area contributed by atoms with Gasteiger partial charge in [-0.3, -0.25) is 4.79 Å². The Hall–Kier alpha value is -2.73. The van der Waals surface area contributed by atoms with E-state index in [1.807, 2.05) is 18.2 Å². The Kier molecular flexibility index (Phi) is 8.39. The maximum atomic E-state index is 12.5. The van der Waals surface area contributed by atoms with Crippen molar-refractivity contribution in [2.24, 2.45) is 0 Å². The second-order valence-electron chi connectivity index (χ2n) is 6.57. The zero-order chi connectivity index (χ0) is 23.1. The molecular weight excluding hydrogens is 562 g/mol. The second kappa shape index (κ2) is 11.2. The minimum atomic E-state index is -0.495. The molecule has 0 radical (unpaired) electrons. The normalized spacial score (nSPS) is 10.9. The lowest BCUT2D eigenvalue weighted by Crippen LogP contribution is -2.13. The Labute approximate surface area is 209 Å². The van der Waals surface area contributed by atoms with E-state index >= 15 is 0 Å². The first-order valence-electron chi connectivity index (χ1n) is 9.33. The predicted molar refractivity (Wildman–Crippen MR) is 135 cm³/mol. The number of hydrogen-bond acceptors (Lipinski definition) is 4. The summed E-state index contributed by atoms with van der Waals surface area (Å²) in [6, 6.07) is 19.5. The van der Waals surface area contributed by atoms with Crippen molar-refractivity contribution in [2.75, 3.05) is 12.4 Å². The molecule has 0 saturated carbocycles. The van der Waals surface area contributed by atoms with Crippen LogP contribution in [0.25, 0.3) is 6.08 Å². The highest BCUT2D eigenvalue weighted by Crippen LogP contribution is 2.31. The van der Waals surface area contributed by atoms with Crippen LogP contribution in [-0.2, 0) is 11.4 Å². The molecule has 0 fully saturated rings. The van der Waals surface area contributed by atoms with E-state index in [-0.39, 0.29) is 12.2 Å². The van der Waals surface area contributed by atoms with Crippen molar-refractivity contribution in [3.63, 3.8) is 0 Å². The van der Waals surface area contributed by atoms with Crippen LogP contribution in [0.5, 0.6) is 11.5 Å². The largest absolute Gasteiger partial charge is 0.493 e. The fourth-order valence-corrected chi connectivity index (χ4v) is 3.56. The zero-order valence-corrected chi connectivity index (χ0v) is 20.5. The average molecular weight is 579 g/mol. The molecule has 0 atom stereocenters. The molecule has 8 heteroatoms. The fraction of sp³-hybridized carbons (Fsp3) is 0.0833. The number of hydrogen-bond donors (Lipinski definition) is 1. The molecule has 0 aliphatic heterocycles. The molecular formula is C24H17Cl2IN2O3.